The molecule has 0 saturated carbocycles. The maximum absolute atomic E-state index is 12.0. The van der Waals surface area contributed by atoms with E-state index in [4.69, 9.17) is 5.73 Å². The maximum atomic E-state index is 12.0. The van der Waals surface area contributed by atoms with E-state index in [0.717, 1.165) is 18.5 Å². The summed E-state index contributed by atoms with van der Waals surface area (Å²) < 4.78 is 0. The van der Waals surface area contributed by atoms with Gasteiger partial charge in [-0.15, -0.1) is 24.8 Å². The molecular weight excluding hydrogens is 261 g/mol. The number of pyridine rings is 1. The Morgan fingerprint density at radius 1 is 1.47 bits per heavy atom. The van der Waals surface area contributed by atoms with Gasteiger partial charge in [-0.2, -0.15) is 0 Å². The fourth-order valence-electron chi connectivity index (χ4n) is 1.83. The molecule has 2 N–H and O–H groups in total. The van der Waals surface area contributed by atoms with Crippen molar-refractivity contribution in [3.63, 3.8) is 0 Å². The number of likely N-dealkylation sites (tertiary alicyclic amines) is 1. The molecule has 1 aromatic heterocycles. The van der Waals surface area contributed by atoms with E-state index >= 15 is 0 Å². The Morgan fingerprint density at radius 2 is 2.18 bits per heavy atom. The van der Waals surface area contributed by atoms with Crippen LogP contribution in [0.4, 0.5) is 0 Å². The van der Waals surface area contributed by atoms with E-state index in [1.807, 2.05) is 13.0 Å². The third-order valence-electron chi connectivity index (χ3n) is 2.63. The third kappa shape index (κ3) is 3.84. The van der Waals surface area contributed by atoms with E-state index < -0.39 is 0 Å². The SMILES string of the molecule is Cc1cncc(C(=O)N2CCC(N)C2)c1.Cl.Cl. The normalized spacial score (nSPS) is 18.2. The van der Waals surface area contributed by atoms with Gasteiger partial charge >= 0.3 is 0 Å². The Kier molecular flexibility index (Phi) is 6.45. The summed E-state index contributed by atoms with van der Waals surface area (Å²) in [5, 5.41) is 0. The number of aromatic nitrogens is 1. The fourth-order valence-corrected chi connectivity index (χ4v) is 1.83. The minimum absolute atomic E-state index is 0. The zero-order chi connectivity index (χ0) is 10.8. The van der Waals surface area contributed by atoms with Crippen LogP contribution in [0.5, 0.6) is 0 Å². The predicted octanol–water partition coefficient (Wildman–Crippen LogP) is 1.41. The van der Waals surface area contributed by atoms with Crippen molar-refractivity contribution in [1.29, 1.82) is 0 Å². The topological polar surface area (TPSA) is 59.2 Å². The summed E-state index contributed by atoms with van der Waals surface area (Å²) in [5.41, 5.74) is 7.42. The molecule has 1 saturated heterocycles. The van der Waals surface area contributed by atoms with Crippen LogP contribution in [0, 0.1) is 6.92 Å². The highest BCUT2D eigenvalue weighted by atomic mass is 35.5. The molecular formula is C11H17Cl2N3O. The lowest BCUT2D eigenvalue weighted by atomic mass is 10.2. The first-order valence-corrected chi connectivity index (χ1v) is 5.13. The Labute approximate surface area is 113 Å². The van der Waals surface area contributed by atoms with Crippen molar-refractivity contribution in [2.24, 2.45) is 5.73 Å². The second kappa shape index (κ2) is 6.79. The molecule has 1 atom stereocenters. The van der Waals surface area contributed by atoms with Crippen molar-refractivity contribution in [3.8, 4) is 0 Å². The molecule has 17 heavy (non-hydrogen) atoms. The van der Waals surface area contributed by atoms with E-state index in [0.29, 0.717) is 12.1 Å². The summed E-state index contributed by atoms with van der Waals surface area (Å²) in [7, 11) is 0. The number of rotatable bonds is 1. The average molecular weight is 278 g/mol. The van der Waals surface area contributed by atoms with Gasteiger partial charge < -0.3 is 10.6 Å². The number of hydrogen-bond donors (Lipinski definition) is 1. The summed E-state index contributed by atoms with van der Waals surface area (Å²) in [6.07, 6.45) is 4.25. The molecule has 0 aliphatic carbocycles. The highest BCUT2D eigenvalue weighted by Gasteiger charge is 2.24. The lowest BCUT2D eigenvalue weighted by Gasteiger charge is -2.15. The van der Waals surface area contributed by atoms with Gasteiger partial charge in [0.05, 0.1) is 5.56 Å². The minimum Gasteiger partial charge on any atom is -0.337 e. The van der Waals surface area contributed by atoms with E-state index in [1.165, 1.54) is 0 Å². The quantitative estimate of drug-likeness (QED) is 0.845. The molecule has 2 heterocycles. The summed E-state index contributed by atoms with van der Waals surface area (Å²) in [6.45, 7) is 3.35. The first-order chi connectivity index (χ1) is 7.16. The third-order valence-corrected chi connectivity index (χ3v) is 2.63. The monoisotopic (exact) mass is 277 g/mol. The number of carbonyl (C=O) groups excluding carboxylic acids is 1. The van der Waals surface area contributed by atoms with Gasteiger partial charge in [0.15, 0.2) is 0 Å². The molecule has 1 unspecified atom stereocenters. The number of hydrogen-bond acceptors (Lipinski definition) is 3. The van der Waals surface area contributed by atoms with Gasteiger partial charge in [-0.25, -0.2) is 0 Å². The second-order valence-electron chi connectivity index (χ2n) is 4.05. The summed E-state index contributed by atoms with van der Waals surface area (Å²) in [4.78, 5) is 17.8. The lowest BCUT2D eigenvalue weighted by Crippen LogP contribution is -2.31. The van der Waals surface area contributed by atoms with Gasteiger partial charge in [0.1, 0.15) is 0 Å². The van der Waals surface area contributed by atoms with Gasteiger partial charge in [-0.1, -0.05) is 0 Å². The second-order valence-corrected chi connectivity index (χ2v) is 4.05. The standard InChI is InChI=1S/C11H15N3O.2ClH/c1-8-4-9(6-13-5-8)11(15)14-3-2-10(12)7-14;;/h4-6,10H,2-3,7,12H2,1H3;2*1H. The molecule has 1 aromatic rings. The van der Waals surface area contributed by atoms with E-state index in [2.05, 4.69) is 4.98 Å². The fraction of sp³-hybridized carbons (Fsp3) is 0.455. The highest BCUT2D eigenvalue weighted by molar-refractivity contribution is 5.94. The van der Waals surface area contributed by atoms with Crippen LogP contribution in [0.15, 0.2) is 18.5 Å². The number of carbonyl (C=O) groups is 1. The van der Waals surface area contributed by atoms with Crippen LogP contribution < -0.4 is 5.73 Å². The van der Waals surface area contributed by atoms with Crippen molar-refractivity contribution in [2.45, 2.75) is 19.4 Å². The molecule has 6 heteroatoms. The Hall–Kier alpha value is -0.840. The van der Waals surface area contributed by atoms with Crippen LogP contribution in [-0.4, -0.2) is 34.9 Å². The minimum atomic E-state index is 0. The Balaban J connectivity index is 0.00000128. The van der Waals surface area contributed by atoms with Gasteiger partial charge in [0.25, 0.3) is 5.91 Å². The van der Waals surface area contributed by atoms with Crippen molar-refractivity contribution in [1.82, 2.24) is 9.88 Å². The molecule has 1 aliphatic heterocycles. The van der Waals surface area contributed by atoms with E-state index in [9.17, 15) is 4.79 Å². The van der Waals surface area contributed by atoms with Crippen LogP contribution in [0.2, 0.25) is 0 Å². The molecule has 96 valence electrons. The van der Waals surface area contributed by atoms with Crippen molar-refractivity contribution >= 4 is 30.7 Å². The van der Waals surface area contributed by atoms with E-state index in [-0.39, 0.29) is 36.8 Å². The number of aryl methyl sites for hydroxylation is 1. The van der Waals surface area contributed by atoms with Gasteiger partial charge in [0.2, 0.25) is 0 Å². The Bertz CT molecular complexity index is 387. The zero-order valence-corrected chi connectivity index (χ0v) is 11.3. The molecule has 1 aliphatic rings. The van der Waals surface area contributed by atoms with Crippen molar-refractivity contribution in [2.75, 3.05) is 13.1 Å². The summed E-state index contributed by atoms with van der Waals surface area (Å²) in [6, 6.07) is 1.99. The van der Waals surface area contributed by atoms with Crippen LogP contribution >= 0.6 is 24.8 Å². The number of nitrogens with two attached hydrogens (primary N) is 1. The zero-order valence-electron chi connectivity index (χ0n) is 9.63. The molecule has 4 nitrogen and oxygen atoms in total. The number of halogens is 2. The number of nitrogens with zero attached hydrogens (tertiary/aromatic N) is 2. The predicted molar refractivity (Wildman–Crippen MR) is 72.0 cm³/mol. The molecule has 1 amide bonds. The average Bonchev–Trinajstić information content (AvgIpc) is 2.64. The van der Waals surface area contributed by atoms with Crippen LogP contribution in [0.25, 0.3) is 0 Å². The van der Waals surface area contributed by atoms with Gasteiger partial charge in [0, 0.05) is 31.5 Å². The molecule has 0 bridgehead atoms. The maximum Gasteiger partial charge on any atom is 0.255 e. The first-order valence-electron chi connectivity index (χ1n) is 5.13. The molecule has 1 fully saturated rings. The van der Waals surface area contributed by atoms with Crippen LogP contribution in [0.1, 0.15) is 22.3 Å². The summed E-state index contributed by atoms with van der Waals surface area (Å²) in [5.74, 6) is 0.0409. The number of amides is 1. The van der Waals surface area contributed by atoms with Gasteiger partial charge in [-0.05, 0) is 25.0 Å². The highest BCUT2D eigenvalue weighted by Crippen LogP contribution is 2.12. The smallest absolute Gasteiger partial charge is 0.255 e. The lowest BCUT2D eigenvalue weighted by molar-refractivity contribution is 0.0790. The van der Waals surface area contributed by atoms with Gasteiger partial charge in [-0.3, -0.25) is 9.78 Å². The Morgan fingerprint density at radius 3 is 2.71 bits per heavy atom. The molecule has 0 spiro atoms. The van der Waals surface area contributed by atoms with Crippen molar-refractivity contribution < 1.29 is 4.79 Å². The largest absolute Gasteiger partial charge is 0.337 e. The molecule has 0 aromatic carbocycles. The summed E-state index contributed by atoms with van der Waals surface area (Å²) >= 11 is 0. The van der Waals surface area contributed by atoms with Crippen molar-refractivity contribution in [3.05, 3.63) is 29.6 Å². The molecule has 2 rings (SSSR count). The first kappa shape index (κ1) is 16.2. The molecule has 0 radical (unpaired) electrons. The van der Waals surface area contributed by atoms with Crippen LogP contribution in [0.3, 0.4) is 0 Å². The van der Waals surface area contributed by atoms with E-state index in [1.54, 1.807) is 17.3 Å². The van der Waals surface area contributed by atoms with Crippen LogP contribution in [-0.2, 0) is 0 Å².